The highest BCUT2D eigenvalue weighted by molar-refractivity contribution is 6.90. The van der Waals surface area contributed by atoms with Gasteiger partial charge in [-0.2, -0.15) is 9.97 Å². The van der Waals surface area contributed by atoms with Crippen molar-refractivity contribution in [2.75, 3.05) is 45.2 Å². The molecule has 2 N–H and O–H groups in total. The van der Waals surface area contributed by atoms with Gasteiger partial charge in [-0.1, -0.05) is 59.6 Å². The number of nitrogens with one attached hydrogen (secondary N) is 1. The molecule has 0 radical (unpaired) electrons. The van der Waals surface area contributed by atoms with Crippen molar-refractivity contribution in [3.8, 4) is 34.4 Å². The lowest BCUT2D eigenvalue weighted by Gasteiger charge is -2.38. The maximum absolute atomic E-state index is 17.4. The van der Waals surface area contributed by atoms with Crippen LogP contribution in [0.1, 0.15) is 79.2 Å². The van der Waals surface area contributed by atoms with Crippen LogP contribution in [0.15, 0.2) is 36.4 Å². The average Bonchev–Trinajstić information content (AvgIpc) is 3.75. The van der Waals surface area contributed by atoms with Crippen LogP contribution >= 0.6 is 0 Å². The molecular weight excluding hydrogens is 685 g/mol. The molecule has 0 amide bonds. The van der Waals surface area contributed by atoms with E-state index in [1.54, 1.807) is 18.2 Å². The summed E-state index contributed by atoms with van der Waals surface area (Å²) in [5.41, 5.74) is 5.73. The molecule has 7 rings (SSSR count). The molecule has 2 atom stereocenters. The van der Waals surface area contributed by atoms with E-state index in [0.717, 1.165) is 45.3 Å². The van der Waals surface area contributed by atoms with Gasteiger partial charge in [0.2, 0.25) is 0 Å². The third-order valence-electron chi connectivity index (χ3n) is 12.3. The van der Waals surface area contributed by atoms with Crippen molar-refractivity contribution < 1.29 is 18.6 Å². The van der Waals surface area contributed by atoms with Crippen molar-refractivity contribution in [1.29, 1.82) is 0 Å². The highest BCUT2D eigenvalue weighted by Gasteiger charge is 2.44. The van der Waals surface area contributed by atoms with Gasteiger partial charge in [-0.05, 0) is 98.0 Å². The first-order chi connectivity index (χ1) is 25.2. The topological polar surface area (TPSA) is 73.8 Å². The Balaban J connectivity index is 1.40. The lowest BCUT2D eigenvalue weighted by molar-refractivity contribution is 0.183. The Hall–Kier alpha value is -3.78. The van der Waals surface area contributed by atoms with Crippen molar-refractivity contribution in [3.05, 3.63) is 53.6 Å². The first kappa shape index (κ1) is 37.5. The van der Waals surface area contributed by atoms with Crippen LogP contribution in [0.25, 0.3) is 32.8 Å². The van der Waals surface area contributed by atoms with E-state index in [4.69, 9.17) is 14.7 Å². The molecule has 2 aliphatic heterocycles. The number of hydrogen-bond acceptors (Lipinski definition) is 7. The van der Waals surface area contributed by atoms with Gasteiger partial charge in [-0.3, -0.25) is 0 Å². The lowest BCUT2D eigenvalue weighted by atomic mass is 9.93. The van der Waals surface area contributed by atoms with Crippen LogP contribution in [0.5, 0.6) is 11.8 Å². The average molecular weight is 740 g/mol. The van der Waals surface area contributed by atoms with Crippen molar-refractivity contribution in [2.24, 2.45) is 5.41 Å². The number of hydrogen-bond donors (Lipinski definition) is 2. The normalized spacial score (nSPS) is 19.8. The Labute approximate surface area is 314 Å². The number of aromatic nitrogens is 2. The standard InChI is InChI=1S/C43H55F2N5O2Si/c1-26(2)53(27(3)4,28(5)6)20-16-34-37(44)14-9-29-21-32(51)22-36(38(29)34)33-12-13-35-40(39(33)45)47-42(52-25-43(17-18-43)24-49(7)8)48-41(35)50-19-15-30-10-11-31(23-50)46-30/h9,12-14,21-22,26-28,30-31,46,51H,10-11,15,17-19,23-25H2,1-8H3/t30-,31+/m1/s1. The van der Waals surface area contributed by atoms with E-state index in [0.29, 0.717) is 62.9 Å². The van der Waals surface area contributed by atoms with E-state index in [1.807, 2.05) is 6.07 Å². The van der Waals surface area contributed by atoms with Gasteiger partial charge in [-0.15, -0.1) is 5.54 Å². The minimum atomic E-state index is -2.23. The van der Waals surface area contributed by atoms with Gasteiger partial charge in [0, 0.05) is 53.5 Å². The zero-order valence-corrected chi connectivity index (χ0v) is 33.6. The van der Waals surface area contributed by atoms with Crippen LogP contribution in [-0.2, 0) is 0 Å². The van der Waals surface area contributed by atoms with Crippen LogP contribution in [0.3, 0.4) is 0 Å². The summed E-state index contributed by atoms with van der Waals surface area (Å²) in [4.78, 5) is 14.1. The number of rotatable bonds is 10. The molecule has 3 heterocycles. The van der Waals surface area contributed by atoms with Crippen molar-refractivity contribution in [3.63, 3.8) is 0 Å². The number of phenols is 1. The number of halogens is 2. The third-order valence-corrected chi connectivity index (χ3v) is 18.6. The molecular formula is C43H55F2N5O2Si. The highest BCUT2D eigenvalue weighted by Crippen LogP contribution is 2.47. The minimum absolute atomic E-state index is 0.0389. The molecule has 2 bridgehead atoms. The summed E-state index contributed by atoms with van der Waals surface area (Å²) in [7, 11) is 1.89. The predicted molar refractivity (Wildman–Crippen MR) is 214 cm³/mol. The van der Waals surface area contributed by atoms with Gasteiger partial charge in [-0.25, -0.2) is 8.78 Å². The predicted octanol–water partition coefficient (Wildman–Crippen LogP) is 9.05. The van der Waals surface area contributed by atoms with Crippen molar-refractivity contribution >= 4 is 35.6 Å². The van der Waals surface area contributed by atoms with E-state index in [9.17, 15) is 5.11 Å². The second-order valence-electron chi connectivity index (χ2n) is 17.2. The zero-order chi connectivity index (χ0) is 37.8. The van der Waals surface area contributed by atoms with Crippen LogP contribution in [0.2, 0.25) is 16.6 Å². The minimum Gasteiger partial charge on any atom is -0.508 e. The molecule has 0 unspecified atom stereocenters. The van der Waals surface area contributed by atoms with Gasteiger partial charge in [0.05, 0.1) is 12.2 Å². The Morgan fingerprint density at radius 3 is 2.36 bits per heavy atom. The summed E-state index contributed by atoms with van der Waals surface area (Å²) in [5, 5.41) is 16.4. The Morgan fingerprint density at radius 2 is 1.68 bits per heavy atom. The summed E-state index contributed by atoms with van der Waals surface area (Å²) in [6.07, 6.45) is 5.37. The first-order valence-electron chi connectivity index (χ1n) is 19.5. The number of ether oxygens (including phenoxy) is 1. The van der Waals surface area contributed by atoms with Gasteiger partial charge in [0.25, 0.3) is 0 Å². The monoisotopic (exact) mass is 739 g/mol. The number of benzene rings is 3. The molecule has 10 heteroatoms. The SMILES string of the molecule is CC(C)[Si](C#Cc1c(F)ccc2cc(O)cc(-c3ccc4c(N5CC[C@H]6CC[C@@H](C5)N6)nc(OCC5(CN(C)C)CC5)nc4c3F)c12)(C(C)C)C(C)C. The smallest absolute Gasteiger partial charge is 0.319 e. The van der Waals surface area contributed by atoms with Gasteiger partial charge in [0.15, 0.2) is 5.82 Å². The Bertz CT molecular complexity index is 2060. The Kier molecular flexibility index (Phi) is 10.2. The molecule has 2 saturated heterocycles. The quantitative estimate of drug-likeness (QED) is 0.124. The third kappa shape index (κ3) is 7.13. The molecule has 1 saturated carbocycles. The van der Waals surface area contributed by atoms with Crippen LogP contribution in [-0.4, -0.2) is 80.5 Å². The second kappa shape index (κ2) is 14.5. The van der Waals surface area contributed by atoms with Crippen LogP contribution in [0.4, 0.5) is 14.6 Å². The molecule has 3 aliphatic rings. The Morgan fingerprint density at radius 1 is 0.962 bits per heavy atom. The fraction of sp³-hybridized carbons (Fsp3) is 0.535. The maximum atomic E-state index is 17.4. The largest absolute Gasteiger partial charge is 0.508 e. The summed E-state index contributed by atoms with van der Waals surface area (Å²) >= 11 is 0. The summed E-state index contributed by atoms with van der Waals surface area (Å²) < 4.78 is 39.7. The number of aromatic hydroxyl groups is 1. The van der Waals surface area contributed by atoms with Crippen molar-refractivity contribution in [1.82, 2.24) is 20.2 Å². The lowest BCUT2D eigenvalue weighted by Crippen LogP contribution is -2.43. The second-order valence-corrected chi connectivity index (χ2v) is 22.8. The summed E-state index contributed by atoms with van der Waals surface area (Å²) in [5.74, 6) is 2.93. The zero-order valence-electron chi connectivity index (χ0n) is 32.6. The van der Waals surface area contributed by atoms with Crippen LogP contribution in [0, 0.1) is 28.5 Å². The molecule has 3 aromatic carbocycles. The molecule has 1 aliphatic carbocycles. The first-order valence-corrected chi connectivity index (χ1v) is 21.7. The van der Waals surface area contributed by atoms with Gasteiger partial charge in [0.1, 0.15) is 31.0 Å². The fourth-order valence-corrected chi connectivity index (χ4v) is 14.8. The molecule has 4 aromatic rings. The highest BCUT2D eigenvalue weighted by atomic mass is 28.3. The molecule has 53 heavy (non-hydrogen) atoms. The number of phenolic OH excluding ortho intramolecular Hbond substituents is 1. The van der Waals surface area contributed by atoms with E-state index >= 15 is 8.78 Å². The van der Waals surface area contributed by atoms with E-state index < -0.39 is 19.7 Å². The van der Waals surface area contributed by atoms with E-state index in [1.165, 1.54) is 18.6 Å². The summed E-state index contributed by atoms with van der Waals surface area (Å²) in [6, 6.07) is 10.7. The molecule has 1 aromatic heterocycles. The number of fused-ring (bicyclic) bond motifs is 4. The van der Waals surface area contributed by atoms with Crippen LogP contribution < -0.4 is 15.0 Å². The van der Waals surface area contributed by atoms with E-state index in [-0.39, 0.29) is 33.8 Å². The molecule has 3 fully saturated rings. The fourth-order valence-electron chi connectivity index (χ4n) is 9.55. The summed E-state index contributed by atoms with van der Waals surface area (Å²) in [6.45, 7) is 16.3. The number of anilines is 1. The van der Waals surface area contributed by atoms with Gasteiger partial charge < -0.3 is 25.0 Å². The molecule has 0 spiro atoms. The molecule has 282 valence electrons. The molecule has 7 nitrogen and oxygen atoms in total. The van der Waals surface area contributed by atoms with Gasteiger partial charge >= 0.3 is 6.01 Å². The van der Waals surface area contributed by atoms with Crippen molar-refractivity contribution in [2.45, 2.75) is 102 Å². The number of nitrogens with zero attached hydrogens (tertiary/aromatic N) is 4. The van der Waals surface area contributed by atoms with E-state index in [2.05, 4.69) is 82.2 Å². The maximum Gasteiger partial charge on any atom is 0.319 e.